The van der Waals surface area contributed by atoms with Gasteiger partial charge in [-0.3, -0.25) is 0 Å². The van der Waals surface area contributed by atoms with Crippen LogP contribution in [0.1, 0.15) is 25.8 Å². The predicted molar refractivity (Wildman–Crippen MR) is 73.3 cm³/mol. The number of hydrogen-bond donors (Lipinski definition) is 1. The van der Waals surface area contributed by atoms with Crippen LogP contribution in [0.2, 0.25) is 0 Å². The van der Waals surface area contributed by atoms with Crippen molar-refractivity contribution in [1.29, 1.82) is 0 Å². The molecule has 2 rings (SSSR count). The summed E-state index contributed by atoms with van der Waals surface area (Å²) in [5.41, 5.74) is 1.68. The molecular weight excluding hydrogens is 248 g/mol. The number of hydrogen-bond acceptors (Lipinski definition) is 3. The van der Waals surface area contributed by atoms with Crippen LogP contribution in [0, 0.1) is 6.92 Å². The molecule has 0 amide bonds. The highest BCUT2D eigenvalue weighted by atomic mass is 32.2. The highest BCUT2D eigenvalue weighted by Crippen LogP contribution is 2.29. The van der Waals surface area contributed by atoms with Gasteiger partial charge in [0, 0.05) is 19.1 Å². The number of nitrogens with one attached hydrogen (secondary N) is 1. The molecule has 18 heavy (non-hydrogen) atoms. The van der Waals surface area contributed by atoms with Gasteiger partial charge in [0.15, 0.2) is 0 Å². The molecule has 1 unspecified atom stereocenters. The number of nitrogens with zero attached hydrogens (tertiary/aromatic N) is 1. The molecule has 0 fully saturated rings. The molecule has 1 atom stereocenters. The maximum absolute atomic E-state index is 12.7. The van der Waals surface area contributed by atoms with Crippen LogP contribution in [0.15, 0.2) is 23.1 Å². The summed E-state index contributed by atoms with van der Waals surface area (Å²) in [4.78, 5) is 0.403. The Morgan fingerprint density at radius 3 is 2.83 bits per heavy atom. The Kier molecular flexibility index (Phi) is 3.64. The van der Waals surface area contributed by atoms with E-state index < -0.39 is 10.0 Å². The Morgan fingerprint density at radius 2 is 2.17 bits per heavy atom. The minimum absolute atomic E-state index is 0.0308. The molecule has 1 aromatic carbocycles. The first-order valence-corrected chi connectivity index (χ1v) is 7.77. The van der Waals surface area contributed by atoms with Gasteiger partial charge in [-0.2, -0.15) is 4.31 Å². The number of rotatable bonds is 2. The molecule has 0 bridgehead atoms. The van der Waals surface area contributed by atoms with E-state index in [-0.39, 0.29) is 6.04 Å². The molecule has 0 saturated heterocycles. The molecule has 0 radical (unpaired) electrons. The van der Waals surface area contributed by atoms with Gasteiger partial charge in [0.2, 0.25) is 10.0 Å². The molecule has 5 heteroatoms. The summed E-state index contributed by atoms with van der Waals surface area (Å²) < 4.78 is 26.9. The van der Waals surface area contributed by atoms with E-state index in [2.05, 4.69) is 5.32 Å². The van der Waals surface area contributed by atoms with E-state index in [1.165, 1.54) is 0 Å². The van der Waals surface area contributed by atoms with Crippen molar-refractivity contribution in [2.45, 2.75) is 38.1 Å². The predicted octanol–water partition coefficient (Wildman–Crippen LogP) is 2.21. The van der Waals surface area contributed by atoms with Crippen LogP contribution >= 0.6 is 0 Å². The van der Waals surface area contributed by atoms with Crippen LogP contribution in [0.3, 0.4) is 0 Å². The summed E-state index contributed by atoms with van der Waals surface area (Å²) in [7, 11) is -3.38. The van der Waals surface area contributed by atoms with Crippen LogP contribution in [0.5, 0.6) is 0 Å². The maximum atomic E-state index is 12.7. The van der Waals surface area contributed by atoms with Crippen molar-refractivity contribution in [2.24, 2.45) is 0 Å². The van der Waals surface area contributed by atoms with Crippen molar-refractivity contribution in [3.8, 4) is 0 Å². The van der Waals surface area contributed by atoms with Crippen LogP contribution in [-0.4, -0.2) is 31.9 Å². The van der Waals surface area contributed by atoms with Gasteiger partial charge in [0.1, 0.15) is 4.90 Å². The fourth-order valence-corrected chi connectivity index (χ4v) is 4.16. The number of sulfonamides is 1. The SMILES string of the molecule is CCC(C)N1CCNc2ccc(C)cc2S1(=O)=O. The number of benzene rings is 1. The normalized spacial score (nSPS) is 20.6. The number of fused-ring (bicyclic) bond motifs is 1. The molecular formula is C13H20N2O2S. The van der Waals surface area contributed by atoms with E-state index in [1.807, 2.05) is 32.9 Å². The Bertz CT molecular complexity index is 540. The second-order valence-corrected chi connectivity index (χ2v) is 6.66. The van der Waals surface area contributed by atoms with Gasteiger partial charge in [0.05, 0.1) is 5.69 Å². The lowest BCUT2D eigenvalue weighted by Gasteiger charge is -2.25. The third-order valence-corrected chi connectivity index (χ3v) is 5.51. The van der Waals surface area contributed by atoms with Crippen molar-refractivity contribution in [3.63, 3.8) is 0 Å². The second kappa shape index (κ2) is 4.90. The van der Waals surface area contributed by atoms with Gasteiger partial charge in [0.25, 0.3) is 0 Å². The molecule has 1 aliphatic rings. The monoisotopic (exact) mass is 268 g/mol. The van der Waals surface area contributed by atoms with Gasteiger partial charge in [-0.15, -0.1) is 0 Å². The molecule has 4 nitrogen and oxygen atoms in total. The van der Waals surface area contributed by atoms with Gasteiger partial charge in [-0.25, -0.2) is 8.42 Å². The molecule has 0 spiro atoms. The fraction of sp³-hybridized carbons (Fsp3) is 0.538. The van der Waals surface area contributed by atoms with Crippen molar-refractivity contribution >= 4 is 15.7 Å². The Labute approximate surface area is 109 Å². The summed E-state index contributed by atoms with van der Waals surface area (Å²) in [5, 5.41) is 3.20. The molecule has 1 heterocycles. The fourth-order valence-electron chi connectivity index (χ4n) is 2.20. The second-order valence-electron chi connectivity index (χ2n) is 4.80. The summed E-state index contributed by atoms with van der Waals surface area (Å²) >= 11 is 0. The average Bonchev–Trinajstić information content (AvgIpc) is 2.46. The summed E-state index contributed by atoms with van der Waals surface area (Å²) in [6, 6.07) is 5.56. The van der Waals surface area contributed by atoms with Gasteiger partial charge >= 0.3 is 0 Å². The first-order chi connectivity index (χ1) is 8.46. The van der Waals surface area contributed by atoms with Gasteiger partial charge < -0.3 is 5.32 Å². The zero-order chi connectivity index (χ0) is 13.3. The summed E-state index contributed by atoms with van der Waals surface area (Å²) in [6.07, 6.45) is 0.820. The zero-order valence-corrected chi connectivity index (χ0v) is 11.9. The minimum atomic E-state index is -3.38. The highest BCUT2D eigenvalue weighted by molar-refractivity contribution is 7.89. The summed E-state index contributed by atoms with van der Waals surface area (Å²) in [6.45, 7) is 7.05. The molecule has 1 N–H and O–H groups in total. The van der Waals surface area contributed by atoms with E-state index in [9.17, 15) is 8.42 Å². The minimum Gasteiger partial charge on any atom is -0.383 e. The van der Waals surface area contributed by atoms with E-state index in [1.54, 1.807) is 10.4 Å². The Balaban J connectivity index is 2.55. The van der Waals surface area contributed by atoms with Crippen LogP contribution < -0.4 is 5.32 Å². The molecule has 1 aliphatic heterocycles. The number of anilines is 1. The largest absolute Gasteiger partial charge is 0.383 e. The van der Waals surface area contributed by atoms with Crippen LogP contribution in [0.25, 0.3) is 0 Å². The Hall–Kier alpha value is -1.07. The van der Waals surface area contributed by atoms with E-state index >= 15 is 0 Å². The molecule has 1 aromatic rings. The third-order valence-electron chi connectivity index (χ3n) is 3.45. The van der Waals surface area contributed by atoms with Crippen molar-refractivity contribution in [2.75, 3.05) is 18.4 Å². The van der Waals surface area contributed by atoms with Gasteiger partial charge in [-0.05, 0) is 38.0 Å². The molecule has 0 aliphatic carbocycles. The number of aryl methyl sites for hydroxylation is 1. The van der Waals surface area contributed by atoms with E-state index in [4.69, 9.17) is 0 Å². The average molecular weight is 268 g/mol. The highest BCUT2D eigenvalue weighted by Gasteiger charge is 2.32. The lowest BCUT2D eigenvalue weighted by molar-refractivity contribution is 0.341. The summed E-state index contributed by atoms with van der Waals surface area (Å²) in [5.74, 6) is 0. The standard InChI is InChI=1S/C13H20N2O2S/c1-4-11(3)15-8-7-14-12-6-5-10(2)9-13(12)18(15,16)17/h5-6,9,11,14H,4,7-8H2,1-3H3. The Morgan fingerprint density at radius 1 is 1.44 bits per heavy atom. The lowest BCUT2D eigenvalue weighted by atomic mass is 10.2. The van der Waals surface area contributed by atoms with E-state index in [0.717, 1.165) is 12.0 Å². The van der Waals surface area contributed by atoms with Crippen LogP contribution in [-0.2, 0) is 10.0 Å². The smallest absolute Gasteiger partial charge is 0.245 e. The maximum Gasteiger partial charge on any atom is 0.245 e. The molecule has 0 aromatic heterocycles. The third kappa shape index (κ3) is 2.24. The van der Waals surface area contributed by atoms with E-state index in [0.29, 0.717) is 23.7 Å². The van der Waals surface area contributed by atoms with Crippen molar-refractivity contribution in [3.05, 3.63) is 23.8 Å². The molecule has 0 saturated carbocycles. The first-order valence-electron chi connectivity index (χ1n) is 6.33. The van der Waals surface area contributed by atoms with Crippen molar-refractivity contribution < 1.29 is 8.42 Å². The van der Waals surface area contributed by atoms with Gasteiger partial charge in [-0.1, -0.05) is 13.0 Å². The quantitative estimate of drug-likeness (QED) is 0.894. The molecule has 100 valence electrons. The first kappa shape index (κ1) is 13.4. The lowest BCUT2D eigenvalue weighted by Crippen LogP contribution is -2.39. The van der Waals surface area contributed by atoms with Crippen LogP contribution in [0.4, 0.5) is 5.69 Å². The zero-order valence-electron chi connectivity index (χ0n) is 11.1. The topological polar surface area (TPSA) is 49.4 Å². The van der Waals surface area contributed by atoms with Crippen molar-refractivity contribution in [1.82, 2.24) is 4.31 Å².